The number of rotatable bonds is 3. The first-order chi connectivity index (χ1) is 10.7. The highest BCUT2D eigenvalue weighted by Crippen LogP contribution is 2.65. The minimum atomic E-state index is -0.246. The van der Waals surface area contributed by atoms with Gasteiger partial charge in [-0.25, -0.2) is 0 Å². The van der Waals surface area contributed by atoms with E-state index in [1.54, 1.807) is 0 Å². The van der Waals surface area contributed by atoms with Gasteiger partial charge in [-0.15, -0.1) is 0 Å². The Hall–Kier alpha value is -0.790. The number of carbonyl (C=O) groups excluding carboxylic acids is 1. The summed E-state index contributed by atoms with van der Waals surface area (Å²) in [6.45, 7) is 2.25. The van der Waals surface area contributed by atoms with Crippen LogP contribution in [0.15, 0.2) is 12.2 Å². The van der Waals surface area contributed by atoms with E-state index in [2.05, 4.69) is 19.1 Å². The fraction of sp³-hybridized carbons (Fsp3) is 0.850. The summed E-state index contributed by atoms with van der Waals surface area (Å²) in [4.78, 5) is 13.0. The largest absolute Gasteiger partial charge is 0.458 e. The van der Waals surface area contributed by atoms with Crippen LogP contribution in [0.5, 0.6) is 0 Å². The Balaban J connectivity index is 1.40. The lowest BCUT2D eigenvalue weighted by Gasteiger charge is -2.43. The zero-order valence-corrected chi connectivity index (χ0v) is 13.7. The first-order valence-electron chi connectivity index (χ1n) is 9.59. The Kier molecular flexibility index (Phi) is 2.72. The lowest BCUT2D eigenvalue weighted by Crippen LogP contribution is -2.47. The molecule has 7 atom stereocenters. The van der Waals surface area contributed by atoms with Gasteiger partial charge in [-0.1, -0.05) is 25.5 Å². The summed E-state index contributed by atoms with van der Waals surface area (Å²) in [5.74, 6) is 4.09. The fourth-order valence-electron chi connectivity index (χ4n) is 7.10. The van der Waals surface area contributed by atoms with Crippen molar-refractivity contribution in [3.8, 4) is 0 Å². The molecule has 0 saturated heterocycles. The van der Waals surface area contributed by atoms with Crippen LogP contribution >= 0.6 is 0 Å². The molecule has 120 valence electrons. The molecule has 0 radical (unpaired) electrons. The van der Waals surface area contributed by atoms with Gasteiger partial charge in [-0.05, 0) is 75.0 Å². The molecule has 0 aliphatic heterocycles. The molecule has 0 aromatic rings. The van der Waals surface area contributed by atoms with Crippen LogP contribution in [-0.4, -0.2) is 11.6 Å². The fourth-order valence-corrected chi connectivity index (χ4v) is 7.10. The van der Waals surface area contributed by atoms with E-state index in [4.69, 9.17) is 4.74 Å². The van der Waals surface area contributed by atoms with E-state index in [1.807, 2.05) is 0 Å². The summed E-state index contributed by atoms with van der Waals surface area (Å²) in [7, 11) is 0. The molecule has 0 aromatic carbocycles. The number of carbonyl (C=O) groups is 1. The van der Waals surface area contributed by atoms with Crippen LogP contribution in [0.4, 0.5) is 0 Å². The van der Waals surface area contributed by atoms with Gasteiger partial charge in [0.15, 0.2) is 0 Å². The van der Waals surface area contributed by atoms with Gasteiger partial charge < -0.3 is 4.74 Å². The van der Waals surface area contributed by atoms with Gasteiger partial charge in [-0.3, -0.25) is 4.79 Å². The van der Waals surface area contributed by atoms with Crippen molar-refractivity contribution in [2.75, 3.05) is 0 Å². The first kappa shape index (κ1) is 13.6. The number of ether oxygens (including phenoxy) is 1. The molecule has 7 unspecified atom stereocenters. The third-order valence-corrected chi connectivity index (χ3v) is 8.16. The third-order valence-electron chi connectivity index (χ3n) is 8.16. The Morgan fingerprint density at radius 1 is 1.23 bits per heavy atom. The van der Waals surface area contributed by atoms with E-state index >= 15 is 0 Å². The van der Waals surface area contributed by atoms with Gasteiger partial charge in [-0.2, -0.15) is 0 Å². The van der Waals surface area contributed by atoms with Crippen LogP contribution < -0.4 is 0 Å². The lowest BCUT2D eigenvalue weighted by atomic mass is 9.71. The molecule has 22 heavy (non-hydrogen) atoms. The van der Waals surface area contributed by atoms with Crippen molar-refractivity contribution in [3.63, 3.8) is 0 Å². The monoisotopic (exact) mass is 300 g/mol. The zero-order chi connectivity index (χ0) is 14.9. The molecule has 0 spiro atoms. The predicted molar refractivity (Wildman–Crippen MR) is 85.1 cm³/mol. The maximum atomic E-state index is 13.0. The molecule has 5 aliphatic rings. The number of allylic oxidation sites excluding steroid dienone is 1. The molecule has 5 rings (SSSR count). The Bertz CT molecular complexity index is 538. The summed E-state index contributed by atoms with van der Waals surface area (Å²) >= 11 is 0. The Labute approximate surface area is 133 Å². The average molecular weight is 300 g/mol. The van der Waals surface area contributed by atoms with Gasteiger partial charge in [0.1, 0.15) is 5.60 Å². The smallest absolute Gasteiger partial charge is 0.316 e. The summed E-state index contributed by atoms with van der Waals surface area (Å²) in [6.07, 6.45) is 15.4. The second-order valence-corrected chi connectivity index (χ2v) is 8.89. The van der Waals surface area contributed by atoms with E-state index in [1.165, 1.54) is 32.1 Å². The van der Waals surface area contributed by atoms with E-state index in [-0.39, 0.29) is 17.0 Å². The van der Waals surface area contributed by atoms with E-state index < -0.39 is 0 Å². The molecule has 4 saturated carbocycles. The van der Waals surface area contributed by atoms with Crippen molar-refractivity contribution >= 4 is 5.97 Å². The highest BCUT2D eigenvalue weighted by molar-refractivity contribution is 5.81. The molecule has 4 bridgehead atoms. The molecule has 0 N–H and O–H groups in total. The second-order valence-electron chi connectivity index (χ2n) is 8.89. The quantitative estimate of drug-likeness (QED) is 0.567. The normalized spacial score (nSPS) is 54.1. The van der Waals surface area contributed by atoms with Crippen LogP contribution in [0.25, 0.3) is 0 Å². The number of fused-ring (bicyclic) bond motifs is 7. The van der Waals surface area contributed by atoms with Crippen LogP contribution in [0.3, 0.4) is 0 Å². The number of esters is 1. The van der Waals surface area contributed by atoms with Gasteiger partial charge in [0.2, 0.25) is 0 Å². The molecule has 5 aliphatic carbocycles. The maximum absolute atomic E-state index is 13.0. The highest BCUT2D eigenvalue weighted by atomic mass is 16.6. The Morgan fingerprint density at radius 2 is 2.09 bits per heavy atom. The van der Waals surface area contributed by atoms with Crippen molar-refractivity contribution < 1.29 is 9.53 Å². The van der Waals surface area contributed by atoms with Gasteiger partial charge in [0.05, 0.1) is 5.41 Å². The van der Waals surface area contributed by atoms with Crippen LogP contribution in [0.1, 0.15) is 64.7 Å². The Morgan fingerprint density at radius 3 is 2.77 bits per heavy atom. The molecule has 0 aromatic heterocycles. The van der Waals surface area contributed by atoms with E-state index in [9.17, 15) is 4.79 Å². The lowest BCUT2D eigenvalue weighted by molar-refractivity contribution is -0.179. The highest BCUT2D eigenvalue weighted by Gasteiger charge is 2.63. The van der Waals surface area contributed by atoms with Crippen molar-refractivity contribution in [2.24, 2.45) is 35.0 Å². The zero-order valence-electron chi connectivity index (χ0n) is 13.7. The number of hydrogen-bond donors (Lipinski definition) is 0. The van der Waals surface area contributed by atoms with Crippen molar-refractivity contribution in [2.45, 2.75) is 70.3 Å². The average Bonchev–Trinajstić information content (AvgIpc) is 3.30. The molecule has 4 fully saturated rings. The van der Waals surface area contributed by atoms with E-state index in [0.717, 1.165) is 43.4 Å². The van der Waals surface area contributed by atoms with Crippen molar-refractivity contribution in [1.82, 2.24) is 0 Å². The molecule has 2 heteroatoms. The van der Waals surface area contributed by atoms with Crippen LogP contribution in [0.2, 0.25) is 0 Å². The molecular formula is C20H28O2. The SMILES string of the molecule is CCC1(OC(=O)C23C=CC(CC2)C3)CC2CC1C1CCCC21. The third kappa shape index (κ3) is 1.59. The van der Waals surface area contributed by atoms with Gasteiger partial charge in [0, 0.05) is 5.92 Å². The minimum absolute atomic E-state index is 0.115. The van der Waals surface area contributed by atoms with Crippen molar-refractivity contribution in [1.29, 1.82) is 0 Å². The maximum Gasteiger partial charge on any atom is 0.316 e. The van der Waals surface area contributed by atoms with E-state index in [0.29, 0.717) is 11.8 Å². The molecule has 0 heterocycles. The molecular weight excluding hydrogens is 272 g/mol. The minimum Gasteiger partial charge on any atom is -0.458 e. The topological polar surface area (TPSA) is 26.3 Å². The van der Waals surface area contributed by atoms with Crippen LogP contribution in [-0.2, 0) is 9.53 Å². The second kappa shape index (κ2) is 4.39. The standard InChI is InChI=1S/C20H28O2/c1-2-20(12-14-10-17(20)16-5-3-4-15(14)16)22-18(21)19-8-6-13(11-19)7-9-19/h6,8,13-17H,2-5,7,9-12H2,1H3. The van der Waals surface area contributed by atoms with Gasteiger partial charge in [0.25, 0.3) is 0 Å². The first-order valence-corrected chi connectivity index (χ1v) is 9.59. The predicted octanol–water partition coefficient (Wildman–Crippen LogP) is 4.49. The molecule has 0 amide bonds. The summed E-state index contributed by atoms with van der Waals surface area (Å²) < 4.78 is 6.40. The van der Waals surface area contributed by atoms with Crippen molar-refractivity contribution in [3.05, 3.63) is 12.2 Å². The summed E-state index contributed by atoms with van der Waals surface area (Å²) in [5, 5.41) is 0. The number of hydrogen-bond acceptors (Lipinski definition) is 2. The van der Waals surface area contributed by atoms with Gasteiger partial charge >= 0.3 is 5.97 Å². The summed E-state index contributed by atoms with van der Waals surface area (Å²) in [6, 6.07) is 0. The van der Waals surface area contributed by atoms with Crippen LogP contribution in [0, 0.1) is 35.0 Å². The summed E-state index contributed by atoms with van der Waals surface area (Å²) in [5.41, 5.74) is -0.361. The molecule has 2 nitrogen and oxygen atoms in total.